The first-order valence-corrected chi connectivity index (χ1v) is 12.3. The first-order valence-electron chi connectivity index (χ1n) is 12.3. The molecule has 1 aliphatic heterocycles. The van der Waals surface area contributed by atoms with Crippen LogP contribution in [0.15, 0.2) is 4.99 Å². The number of nitrogens with zero attached hydrogens (tertiary/aromatic N) is 3. The second kappa shape index (κ2) is 20.4. The molecule has 208 valence electrons. The maximum atomic E-state index is 12.7. The molecule has 1 aromatic heterocycles. The predicted octanol–water partition coefficient (Wildman–Crippen LogP) is 5.64. The number of ether oxygens (including phenoxy) is 2. The van der Waals surface area contributed by atoms with Crippen molar-refractivity contribution in [3.63, 3.8) is 0 Å². The van der Waals surface area contributed by atoms with Crippen molar-refractivity contribution in [1.82, 2.24) is 9.97 Å². The number of hydrogen-bond donors (Lipinski definition) is 1. The molecule has 3 atom stereocenters. The Bertz CT molecular complexity index is 858. The average Bonchev–Trinajstić information content (AvgIpc) is 3.25. The van der Waals surface area contributed by atoms with Crippen molar-refractivity contribution >= 4 is 23.7 Å². The third-order valence-corrected chi connectivity index (χ3v) is 6.16. The van der Waals surface area contributed by atoms with Gasteiger partial charge in [-0.25, -0.2) is 4.98 Å². The van der Waals surface area contributed by atoms with Crippen LogP contribution >= 0.6 is 0 Å². The van der Waals surface area contributed by atoms with E-state index in [0.29, 0.717) is 17.3 Å². The molecule has 0 spiro atoms. The summed E-state index contributed by atoms with van der Waals surface area (Å²) in [6.07, 6.45) is 14.7. The maximum absolute atomic E-state index is 12.7. The molecule has 8 nitrogen and oxygen atoms in total. The molecule has 1 saturated heterocycles. The number of rotatable bonds is 6. The number of aliphatic hydroxyl groups excluding tert-OH is 1. The fourth-order valence-corrected chi connectivity index (χ4v) is 3.83. The first kappa shape index (κ1) is 38.6. The first-order chi connectivity index (χ1) is 16.7. The SMILES string of the molecule is C#CC1(COC(=O)C2CCCCC2)CCC(C)O1.CCC(C)C=Nc1c(C)nc(F)nc1[NH-].CO.[Ir].[Pr]. The summed E-state index contributed by atoms with van der Waals surface area (Å²) in [6.45, 7) is 7.90. The smallest absolute Gasteiger partial charge is 0.309 e. The molecular weight excluding hydrogens is 784 g/mol. The summed E-state index contributed by atoms with van der Waals surface area (Å²) in [7, 11) is 1.00. The number of aryl methyl sites for hydroxylation is 1. The number of aliphatic imine (C=N–C) groups is 1. The van der Waals surface area contributed by atoms with E-state index >= 15 is 0 Å². The standard InChI is InChI=1S/C15H22O3.C10H14FN4.CH4O.Ir.Pr/c1-3-15(10-9-12(2)18-15)11-17-14(16)13-7-5-4-6-8-13;1-4-6(2)5-13-8-7(3)14-10(11)15-9(8)12;1-2;;/h1,12-13H,4-11H2,2H3;5-6H,4H2,1-3H3,(H-,12,14,15);2H,1H3;;/q;-1;;;. The van der Waals surface area contributed by atoms with Crippen molar-refractivity contribution < 1.29 is 85.2 Å². The fraction of sp³-hybridized carbons (Fsp3) is 0.692. The summed E-state index contributed by atoms with van der Waals surface area (Å²) >= 11 is 0. The summed E-state index contributed by atoms with van der Waals surface area (Å²) in [4.78, 5) is 22.9. The van der Waals surface area contributed by atoms with E-state index in [1.54, 1.807) is 13.1 Å². The summed E-state index contributed by atoms with van der Waals surface area (Å²) in [5.41, 5.74) is 7.51. The Kier molecular flexibility index (Phi) is 21.2. The Morgan fingerprint density at radius 2 is 1.97 bits per heavy atom. The van der Waals surface area contributed by atoms with E-state index in [1.807, 2.05) is 20.8 Å². The van der Waals surface area contributed by atoms with Gasteiger partial charge < -0.3 is 25.3 Å². The molecule has 2 heterocycles. The van der Waals surface area contributed by atoms with Crippen LogP contribution in [0.3, 0.4) is 0 Å². The molecule has 2 N–H and O–H groups in total. The summed E-state index contributed by atoms with van der Waals surface area (Å²) < 4.78 is 23.8. The number of aliphatic hydroxyl groups is 1. The normalized spacial score (nSPS) is 21.6. The van der Waals surface area contributed by atoms with Crippen molar-refractivity contribution in [2.45, 2.75) is 90.8 Å². The Morgan fingerprint density at radius 1 is 1.35 bits per heavy atom. The Labute approximate surface area is 267 Å². The number of carbonyl (C=O) groups is 1. The Balaban J connectivity index is 0. The number of aromatic nitrogens is 2. The molecule has 1 aromatic rings. The molecule has 0 aromatic carbocycles. The van der Waals surface area contributed by atoms with E-state index in [9.17, 15) is 9.18 Å². The Hall–Kier alpha value is -0.557. The van der Waals surface area contributed by atoms with Gasteiger partial charge in [-0.05, 0) is 57.7 Å². The zero-order valence-electron chi connectivity index (χ0n) is 22.6. The van der Waals surface area contributed by atoms with Gasteiger partial charge >= 0.3 is 5.97 Å². The van der Waals surface area contributed by atoms with Gasteiger partial charge in [0.2, 0.25) is 6.08 Å². The zero-order chi connectivity index (χ0) is 26.4. The maximum Gasteiger partial charge on any atom is 0.309 e. The van der Waals surface area contributed by atoms with Gasteiger partial charge in [0, 0.05) is 74.7 Å². The summed E-state index contributed by atoms with van der Waals surface area (Å²) in [5, 5.41) is 7.00. The van der Waals surface area contributed by atoms with Crippen molar-refractivity contribution in [2.24, 2.45) is 16.8 Å². The average molecular weight is 825 g/mol. The van der Waals surface area contributed by atoms with Crippen LogP contribution in [0.25, 0.3) is 5.73 Å². The van der Waals surface area contributed by atoms with E-state index in [2.05, 4.69) is 20.9 Å². The van der Waals surface area contributed by atoms with Gasteiger partial charge in [-0.3, -0.25) is 9.79 Å². The number of halogens is 1. The molecule has 3 rings (SSSR count). The van der Waals surface area contributed by atoms with Crippen molar-refractivity contribution in [3.05, 3.63) is 17.5 Å². The summed E-state index contributed by atoms with van der Waals surface area (Å²) in [5.74, 6) is 2.81. The second-order valence-corrected chi connectivity index (χ2v) is 8.99. The number of terminal acetylenes is 1. The molecule has 3 unspecified atom stereocenters. The molecule has 2 radical (unpaired) electrons. The van der Waals surface area contributed by atoms with E-state index in [0.717, 1.165) is 52.1 Å². The van der Waals surface area contributed by atoms with Crippen LogP contribution in [0.5, 0.6) is 0 Å². The fourth-order valence-electron chi connectivity index (χ4n) is 3.83. The van der Waals surface area contributed by atoms with Gasteiger partial charge in [-0.2, -0.15) is 4.39 Å². The zero-order valence-corrected chi connectivity index (χ0v) is 28.7. The van der Waals surface area contributed by atoms with Crippen LogP contribution in [0.4, 0.5) is 15.9 Å². The quantitative estimate of drug-likeness (QED) is 0.172. The van der Waals surface area contributed by atoms with Gasteiger partial charge in [-0.15, -0.1) is 6.42 Å². The minimum atomic E-state index is -0.875. The number of hydrogen-bond acceptors (Lipinski definition) is 7. The molecule has 1 saturated carbocycles. The minimum absolute atomic E-state index is 0. The third-order valence-electron chi connectivity index (χ3n) is 6.16. The Morgan fingerprint density at radius 3 is 2.46 bits per heavy atom. The molecule has 0 amide bonds. The monoisotopic (exact) mass is 825 g/mol. The largest absolute Gasteiger partial charge is 0.480 e. The predicted molar refractivity (Wildman–Crippen MR) is 135 cm³/mol. The van der Waals surface area contributed by atoms with Gasteiger partial charge in [0.1, 0.15) is 6.61 Å². The van der Waals surface area contributed by atoms with Crippen LogP contribution in [0.1, 0.15) is 77.8 Å². The molecule has 0 bridgehead atoms. The van der Waals surface area contributed by atoms with E-state index < -0.39 is 11.7 Å². The second-order valence-electron chi connectivity index (χ2n) is 8.99. The van der Waals surface area contributed by atoms with E-state index in [4.69, 9.17) is 26.7 Å². The van der Waals surface area contributed by atoms with E-state index in [1.165, 1.54) is 6.42 Å². The molecule has 2 aliphatic rings. The van der Waals surface area contributed by atoms with Crippen LogP contribution in [-0.4, -0.2) is 52.7 Å². The van der Waals surface area contributed by atoms with Gasteiger partial charge in [0.05, 0.1) is 23.4 Å². The summed E-state index contributed by atoms with van der Waals surface area (Å²) in [6, 6.07) is 0. The van der Waals surface area contributed by atoms with Gasteiger partial charge in [0.25, 0.3) is 0 Å². The number of carbonyl (C=O) groups excluding carboxylic acids is 1. The molecule has 11 heteroatoms. The molecule has 2 fully saturated rings. The minimum Gasteiger partial charge on any atom is -0.480 e. The molecule has 37 heavy (non-hydrogen) atoms. The van der Waals surface area contributed by atoms with Gasteiger partial charge in [0.15, 0.2) is 5.60 Å². The third kappa shape index (κ3) is 13.4. The van der Waals surface area contributed by atoms with Crippen LogP contribution < -0.4 is 0 Å². The molecular formula is C26H40FIrN4O4Pr-. The van der Waals surface area contributed by atoms with Crippen molar-refractivity contribution in [3.8, 4) is 12.3 Å². The number of esters is 1. The van der Waals surface area contributed by atoms with Crippen LogP contribution in [0, 0.1) is 78.5 Å². The topological polar surface area (TPSA) is 118 Å². The van der Waals surface area contributed by atoms with Gasteiger partial charge in [-0.1, -0.05) is 39.0 Å². The van der Waals surface area contributed by atoms with Crippen LogP contribution in [-0.2, 0) is 34.4 Å². The number of nitrogens with one attached hydrogen (secondary N) is 1. The van der Waals surface area contributed by atoms with Crippen molar-refractivity contribution in [2.75, 3.05) is 13.7 Å². The van der Waals surface area contributed by atoms with Crippen molar-refractivity contribution in [1.29, 1.82) is 0 Å². The van der Waals surface area contributed by atoms with E-state index in [-0.39, 0.29) is 91.8 Å². The van der Waals surface area contributed by atoms with Crippen LogP contribution in [0.2, 0.25) is 0 Å². The molecule has 1 aliphatic carbocycles.